The fourth-order valence-corrected chi connectivity index (χ4v) is 7.37. The third kappa shape index (κ3) is 4.90. The Hall–Kier alpha value is -5.23. The fourth-order valence-electron chi connectivity index (χ4n) is 7.37. The highest BCUT2D eigenvalue weighted by atomic mass is 16.5. The second kappa shape index (κ2) is 11.8. The number of phenolic OH excluding ortho intramolecular Hbond substituents is 1. The van der Waals surface area contributed by atoms with Crippen molar-refractivity contribution < 1.29 is 39.2 Å². The summed E-state index contributed by atoms with van der Waals surface area (Å²) in [5, 5.41) is 47.2. The van der Waals surface area contributed by atoms with E-state index < -0.39 is 75.2 Å². The Morgan fingerprint density at radius 2 is 1.75 bits per heavy atom. The molecule has 14 heteroatoms. The number of aliphatic hydroxyl groups is 2. The molecule has 14 nitrogen and oxygen atoms in total. The lowest BCUT2D eigenvalue weighted by Crippen LogP contribution is -2.80. The number of amides is 2. The molecule has 10 N–H and O–H groups in total. The number of fused-ring (bicyclic) bond motifs is 3. The number of aliphatic hydroxyl groups excluding tert-OH is 2. The van der Waals surface area contributed by atoms with E-state index in [0.717, 1.165) is 5.56 Å². The summed E-state index contributed by atoms with van der Waals surface area (Å²) in [6, 6.07) is 10.3. The van der Waals surface area contributed by atoms with Gasteiger partial charge in [0, 0.05) is 6.54 Å². The summed E-state index contributed by atoms with van der Waals surface area (Å²) < 4.78 is 5.14. The van der Waals surface area contributed by atoms with Crippen LogP contribution in [0.1, 0.15) is 37.0 Å². The van der Waals surface area contributed by atoms with Crippen LogP contribution in [0.4, 0.5) is 4.79 Å². The minimum absolute atomic E-state index is 0.109. The molecule has 252 valence electrons. The van der Waals surface area contributed by atoms with Crippen LogP contribution in [0.5, 0.6) is 5.75 Å². The Morgan fingerprint density at radius 1 is 1.10 bits per heavy atom. The SMILES string of the molecule is CC(C)COC(=O)NCc1ccc(-c2ccc(O)c3c2C[C@@]2(N)C[C@@]4(N)[C@H](N(C)C)C(=O)C(C(N)=O)=C(O)[C@@]4(C#N)C(=O)C2=C3O)cc1. The zero-order valence-electron chi connectivity index (χ0n) is 27.0. The van der Waals surface area contributed by atoms with Crippen molar-refractivity contribution in [3.63, 3.8) is 0 Å². The first-order chi connectivity index (χ1) is 22.4. The van der Waals surface area contributed by atoms with E-state index in [1.807, 2.05) is 13.8 Å². The number of nitrogens with one attached hydrogen (secondary N) is 1. The van der Waals surface area contributed by atoms with Crippen LogP contribution in [0.25, 0.3) is 16.9 Å². The topological polar surface area (TPSA) is 255 Å². The van der Waals surface area contributed by atoms with Crippen molar-refractivity contribution in [3.05, 3.63) is 70.0 Å². The first-order valence-corrected chi connectivity index (χ1v) is 15.2. The van der Waals surface area contributed by atoms with Crippen molar-refractivity contribution in [3.8, 4) is 22.9 Å². The van der Waals surface area contributed by atoms with Crippen molar-refractivity contribution in [2.75, 3.05) is 20.7 Å². The summed E-state index contributed by atoms with van der Waals surface area (Å²) in [6.07, 6.45) is -1.20. The molecule has 4 atom stereocenters. The number of primary amides is 1. The van der Waals surface area contributed by atoms with Crippen molar-refractivity contribution in [2.45, 2.75) is 50.4 Å². The lowest BCUT2D eigenvalue weighted by Gasteiger charge is -2.58. The van der Waals surface area contributed by atoms with Crippen LogP contribution in [0.15, 0.2) is 53.3 Å². The number of Topliss-reactive ketones (excluding diaryl/α,β-unsaturated/α-hetero) is 2. The minimum Gasteiger partial charge on any atom is -0.509 e. The molecule has 2 aromatic carbocycles. The maximum atomic E-state index is 14.5. The predicted octanol–water partition coefficient (Wildman–Crippen LogP) is 1.45. The monoisotopic (exact) mass is 658 g/mol. The maximum absolute atomic E-state index is 14.5. The van der Waals surface area contributed by atoms with Gasteiger partial charge in [0.15, 0.2) is 17.0 Å². The van der Waals surface area contributed by atoms with Crippen LogP contribution >= 0.6 is 0 Å². The highest BCUT2D eigenvalue weighted by Crippen LogP contribution is 2.58. The summed E-state index contributed by atoms with van der Waals surface area (Å²) in [7, 11) is 2.91. The van der Waals surface area contributed by atoms with Crippen LogP contribution in [-0.2, 0) is 32.1 Å². The fraction of sp³-hybridized carbons (Fsp3) is 0.382. The van der Waals surface area contributed by atoms with Gasteiger partial charge in [0.25, 0.3) is 5.91 Å². The van der Waals surface area contributed by atoms with Crippen molar-refractivity contribution in [1.82, 2.24) is 10.2 Å². The van der Waals surface area contributed by atoms with Gasteiger partial charge in [-0.1, -0.05) is 44.2 Å². The molecule has 1 saturated carbocycles. The third-order valence-corrected chi connectivity index (χ3v) is 9.38. The molecule has 0 aromatic heterocycles. The van der Waals surface area contributed by atoms with Gasteiger partial charge in [-0.15, -0.1) is 0 Å². The number of nitrogens with two attached hydrogens (primary N) is 3. The maximum Gasteiger partial charge on any atom is 0.407 e. The Kier molecular flexibility index (Phi) is 8.37. The number of nitriles is 1. The molecule has 0 unspecified atom stereocenters. The molecule has 48 heavy (non-hydrogen) atoms. The Labute approximate surface area is 276 Å². The highest BCUT2D eigenvalue weighted by Gasteiger charge is 2.74. The van der Waals surface area contributed by atoms with E-state index in [2.05, 4.69) is 5.32 Å². The molecule has 2 amide bonds. The van der Waals surface area contributed by atoms with E-state index in [1.54, 1.807) is 36.4 Å². The number of carbonyl (C=O) groups is 4. The van der Waals surface area contributed by atoms with E-state index in [0.29, 0.717) is 16.7 Å². The first-order valence-electron chi connectivity index (χ1n) is 15.2. The largest absolute Gasteiger partial charge is 0.509 e. The summed E-state index contributed by atoms with van der Waals surface area (Å²) in [4.78, 5) is 53.8. The van der Waals surface area contributed by atoms with Crippen LogP contribution in [-0.4, -0.2) is 81.6 Å². The molecule has 3 aliphatic carbocycles. The lowest BCUT2D eigenvalue weighted by atomic mass is 9.47. The summed E-state index contributed by atoms with van der Waals surface area (Å²) in [5.74, 6) is -5.68. The molecule has 1 fully saturated rings. The summed E-state index contributed by atoms with van der Waals surface area (Å²) in [5.41, 5.74) is 13.4. The summed E-state index contributed by atoms with van der Waals surface area (Å²) in [6.45, 7) is 4.35. The number of nitrogens with zero attached hydrogens (tertiary/aromatic N) is 2. The van der Waals surface area contributed by atoms with E-state index in [4.69, 9.17) is 21.9 Å². The van der Waals surface area contributed by atoms with E-state index in [9.17, 15) is 39.8 Å². The van der Waals surface area contributed by atoms with Crippen molar-refractivity contribution in [1.29, 1.82) is 5.26 Å². The molecule has 0 heterocycles. The molecule has 5 rings (SSSR count). The average Bonchev–Trinajstić information content (AvgIpc) is 2.98. The zero-order valence-corrected chi connectivity index (χ0v) is 27.0. The number of aromatic hydroxyl groups is 1. The summed E-state index contributed by atoms with van der Waals surface area (Å²) >= 11 is 0. The van der Waals surface area contributed by atoms with E-state index >= 15 is 0 Å². The van der Waals surface area contributed by atoms with Gasteiger partial charge in [0.2, 0.25) is 0 Å². The number of alkyl carbamates (subject to hydrolysis) is 1. The molecule has 0 bridgehead atoms. The zero-order chi connectivity index (χ0) is 35.5. The third-order valence-electron chi connectivity index (χ3n) is 9.38. The van der Waals surface area contributed by atoms with Gasteiger partial charge in [0.05, 0.1) is 40.9 Å². The average molecular weight is 659 g/mol. The van der Waals surface area contributed by atoms with Crippen LogP contribution in [0, 0.1) is 22.7 Å². The van der Waals surface area contributed by atoms with Gasteiger partial charge in [0.1, 0.15) is 22.8 Å². The number of ketones is 2. The van der Waals surface area contributed by atoms with E-state index in [-0.39, 0.29) is 36.8 Å². The number of likely N-dealkylation sites (N-methyl/N-ethyl adjacent to an activating group) is 1. The Morgan fingerprint density at radius 3 is 2.31 bits per heavy atom. The number of hydrogen-bond donors (Lipinski definition) is 7. The quantitative estimate of drug-likeness (QED) is 0.209. The minimum atomic E-state index is -2.73. The smallest absolute Gasteiger partial charge is 0.407 e. The van der Waals surface area contributed by atoms with Gasteiger partial charge >= 0.3 is 6.09 Å². The number of hydrogen-bond acceptors (Lipinski definition) is 12. The molecular weight excluding hydrogens is 620 g/mol. The molecule has 0 saturated heterocycles. The molecule has 0 radical (unpaired) electrons. The first kappa shape index (κ1) is 34.1. The Bertz CT molecular complexity index is 1860. The van der Waals surface area contributed by atoms with E-state index in [1.165, 1.54) is 25.1 Å². The van der Waals surface area contributed by atoms with Crippen LogP contribution in [0.3, 0.4) is 0 Å². The number of rotatable bonds is 7. The highest BCUT2D eigenvalue weighted by molar-refractivity contribution is 6.25. The van der Waals surface area contributed by atoms with Gasteiger partial charge in [-0.25, -0.2) is 4.79 Å². The lowest BCUT2D eigenvalue weighted by molar-refractivity contribution is -0.139. The number of benzene rings is 2. The molecule has 0 spiro atoms. The van der Waals surface area contributed by atoms with Crippen LogP contribution in [0.2, 0.25) is 0 Å². The van der Waals surface area contributed by atoms with Crippen molar-refractivity contribution >= 4 is 29.3 Å². The molecule has 0 aliphatic heterocycles. The normalized spacial score (nSPS) is 26.5. The Balaban J connectivity index is 1.62. The van der Waals surface area contributed by atoms with Gasteiger partial charge in [-0.2, -0.15) is 5.26 Å². The number of carbonyl (C=O) groups excluding carboxylic acids is 4. The van der Waals surface area contributed by atoms with Gasteiger partial charge in [-0.05, 0) is 61.2 Å². The molecule has 3 aliphatic rings. The van der Waals surface area contributed by atoms with Crippen LogP contribution < -0.4 is 22.5 Å². The molecular formula is C34H38N6O8. The number of ether oxygens (including phenoxy) is 1. The van der Waals surface area contributed by atoms with Gasteiger partial charge < -0.3 is 42.6 Å². The predicted molar refractivity (Wildman–Crippen MR) is 173 cm³/mol. The number of phenols is 1. The standard InChI is InChI=1S/C34H38N6O8/c1-16(2)13-48-31(47)39-12-17-5-7-18(8-6-17)19-9-10-21(41)22-20(19)11-32(37)14-34(38)27(40(3)4)26(43)23(30(36)46)28(44)33(34,15-35)29(45)24(32)25(22)42/h5-10,16,27,41-42,44H,11-14,37-38H2,1-4H3,(H2,36,46)(H,39,47)/t27-,32-,33+,34-/m1/s1. The molecule has 2 aromatic rings. The van der Waals surface area contributed by atoms with Crippen molar-refractivity contribution in [2.24, 2.45) is 28.5 Å². The second-order valence-corrected chi connectivity index (χ2v) is 13.3. The van der Waals surface area contributed by atoms with Gasteiger partial charge in [-0.3, -0.25) is 19.3 Å². The second-order valence-electron chi connectivity index (χ2n) is 13.3.